The van der Waals surface area contributed by atoms with Crippen LogP contribution in [-0.4, -0.2) is 105 Å². The Labute approximate surface area is 208 Å². The van der Waals surface area contributed by atoms with Crippen LogP contribution in [0, 0.1) is 0 Å². The molecular weight excluding hydrogens is 378 g/mol. The average molecular weight is 416 g/mol. The maximum Gasteiger partial charge on any atom is 0.494 e. The van der Waals surface area contributed by atoms with Gasteiger partial charge in [0, 0.05) is 0 Å². The Morgan fingerprint density at radius 3 is 1.19 bits per heavy atom. The molecule has 1 heterocycles. The van der Waals surface area contributed by atoms with Gasteiger partial charge in [-0.25, -0.2) is 0 Å². The van der Waals surface area contributed by atoms with E-state index in [1.165, 1.54) is 5.56 Å². The Bertz CT molecular complexity index is 861. The summed E-state index contributed by atoms with van der Waals surface area (Å²) in [5, 5.41) is 0.505. The summed E-state index contributed by atoms with van der Waals surface area (Å²) in [5.41, 5.74) is 1.86. The predicted molar refractivity (Wildman–Crippen MR) is 171 cm³/mol. The van der Waals surface area contributed by atoms with Crippen molar-refractivity contribution in [3.8, 4) is 0 Å². The van der Waals surface area contributed by atoms with Gasteiger partial charge < -0.3 is 9.31 Å². The lowest BCUT2D eigenvalue weighted by Crippen LogP contribution is -2.70. The molecule has 2 fully saturated rings. The van der Waals surface area contributed by atoms with Crippen molar-refractivity contribution in [2.45, 2.75) is 70.3 Å². The zero-order valence-corrected chi connectivity index (χ0v) is 23.7. The van der Waals surface area contributed by atoms with Crippen LogP contribution in [0.3, 0.4) is 0 Å². The van der Waals surface area contributed by atoms with Crippen molar-refractivity contribution in [3.05, 3.63) is 29.8 Å². The first-order chi connectivity index (χ1) is 14.0. The second-order valence-electron chi connectivity index (χ2n) is 14.5. The van der Waals surface area contributed by atoms with Crippen molar-refractivity contribution in [1.29, 1.82) is 0 Å². The molecule has 0 bridgehead atoms. The predicted octanol–water partition coefficient (Wildman–Crippen LogP) is -7.26. The third-order valence-electron chi connectivity index (χ3n) is 12.8. The maximum atomic E-state index is 6.31. The molecule has 0 amide bonds. The van der Waals surface area contributed by atoms with Crippen molar-refractivity contribution in [2.75, 3.05) is 0 Å². The van der Waals surface area contributed by atoms with Gasteiger partial charge in [-0.2, -0.15) is 0 Å². The summed E-state index contributed by atoms with van der Waals surface area (Å²) in [6, 6.07) is 9.14. The molecule has 1 aliphatic heterocycles. The molecule has 0 aromatic heterocycles. The Balaban J connectivity index is 2.12. The first-order valence-corrected chi connectivity index (χ1v) is 12.5. The molecular formula is C18H38B12O2. The quantitative estimate of drug-likeness (QED) is 0.447. The molecule has 0 N–H and O–H groups in total. The second kappa shape index (κ2) is 6.99. The number of hydrogen-bond donors (Lipinski definition) is 0. The molecule has 0 spiro atoms. The van der Waals surface area contributed by atoms with Crippen molar-refractivity contribution in [1.82, 2.24) is 0 Å². The molecule has 158 valence electrons. The van der Waals surface area contributed by atoms with Crippen LogP contribution in [-0.2, 0) is 14.6 Å². The molecule has 1 aliphatic carbocycles. The minimum Gasteiger partial charge on any atom is -0.399 e. The molecule has 1 saturated heterocycles. The molecule has 32 heavy (non-hydrogen) atoms. The van der Waals surface area contributed by atoms with E-state index in [-0.39, 0.29) is 49.7 Å². The van der Waals surface area contributed by atoms with Gasteiger partial charge in [0.15, 0.2) is 0 Å². The van der Waals surface area contributed by atoms with E-state index in [4.69, 9.17) is 9.31 Å². The van der Waals surface area contributed by atoms with Gasteiger partial charge in [0.25, 0.3) is 0 Å². The lowest BCUT2D eigenvalue weighted by molar-refractivity contribution is 0.00578. The first-order valence-electron chi connectivity index (χ1n) is 12.5. The van der Waals surface area contributed by atoms with Gasteiger partial charge in [0.1, 0.15) is 7.85 Å². The van der Waals surface area contributed by atoms with E-state index in [2.05, 4.69) is 138 Å². The van der Waals surface area contributed by atoms with Gasteiger partial charge in [-0.1, -0.05) is 45.6 Å². The minimum absolute atomic E-state index is 0.0308. The van der Waals surface area contributed by atoms with Crippen LogP contribution in [0.5, 0.6) is 0 Å². The number of benzene rings is 1. The highest BCUT2D eigenvalue weighted by Crippen LogP contribution is 2.83. The van der Waals surface area contributed by atoms with E-state index < -0.39 is 0 Å². The Hall–Kier alpha value is -0.0808. The van der Waals surface area contributed by atoms with Gasteiger partial charge in [0.05, 0.1) is 89.7 Å². The maximum absolute atomic E-state index is 6.31. The summed E-state index contributed by atoms with van der Waals surface area (Å²) >= 11 is 0. The molecule has 0 radical (unpaired) electrons. The molecule has 14 heteroatoms. The molecule has 2 aliphatic rings. The van der Waals surface area contributed by atoms with E-state index in [1.54, 1.807) is 0 Å². The van der Waals surface area contributed by atoms with Crippen LogP contribution in [0.2, 0.25) is 26.1 Å². The van der Waals surface area contributed by atoms with Crippen molar-refractivity contribution < 1.29 is 9.31 Å². The van der Waals surface area contributed by atoms with E-state index >= 15 is 0 Å². The molecule has 0 unspecified atom stereocenters. The Morgan fingerprint density at radius 1 is 0.531 bits per heavy atom. The Kier molecular flexibility index (Phi) is 5.79. The highest BCUT2D eigenvalue weighted by atomic mass is 16.7. The largest absolute Gasteiger partial charge is 0.494 e. The van der Waals surface area contributed by atoms with Gasteiger partial charge in [-0.3, -0.25) is 0 Å². The summed E-state index contributed by atoms with van der Waals surface area (Å²) in [5.74, 6) is 0. The van der Waals surface area contributed by atoms with E-state index in [0.717, 1.165) is 5.46 Å². The summed E-state index contributed by atoms with van der Waals surface area (Å²) < 4.78 is 12.6. The van der Waals surface area contributed by atoms with Gasteiger partial charge in [-0.05, 0) is 33.2 Å². The molecule has 0 atom stereocenters. The van der Waals surface area contributed by atoms with Crippen LogP contribution in [0.25, 0.3) is 0 Å². The lowest BCUT2D eigenvalue weighted by atomic mass is 8.96. The van der Waals surface area contributed by atoms with Crippen molar-refractivity contribution in [3.63, 3.8) is 0 Å². The van der Waals surface area contributed by atoms with Gasteiger partial charge in [-0.15, -0.1) is 15.6 Å². The Morgan fingerprint density at radius 2 is 0.844 bits per heavy atom. The van der Waals surface area contributed by atoms with E-state index in [1.807, 2.05) is 0 Å². The van der Waals surface area contributed by atoms with Crippen LogP contribution in [0.1, 0.15) is 33.3 Å². The summed E-state index contributed by atoms with van der Waals surface area (Å²) in [6.07, 6.45) is 0. The molecule has 1 aromatic carbocycles. The standard InChI is InChI=1S/C18H38B12O2/c1-11(2)12(3,4)32-30(31-11)10-7-5-9(6-8-10)13(19)14(20,21)16(24,25)18(28,29)17(26,27)15(13,22)23/h5-8H,19-29H2,1-4H3. The fourth-order valence-corrected chi connectivity index (χ4v) is 7.05. The molecule has 1 aromatic rings. The van der Waals surface area contributed by atoms with Crippen molar-refractivity contribution >= 4 is 98.9 Å². The lowest BCUT2D eigenvalue weighted by Gasteiger charge is -2.80. The average Bonchev–Trinajstić information content (AvgIpc) is 2.86. The number of rotatable bonds is 2. The molecule has 2 nitrogen and oxygen atoms in total. The third-order valence-corrected chi connectivity index (χ3v) is 12.8. The summed E-state index contributed by atoms with van der Waals surface area (Å²) in [4.78, 5) is 0. The second-order valence-corrected chi connectivity index (χ2v) is 14.5. The fraction of sp³-hybridized carbons (Fsp3) is 0.667. The molecule has 3 rings (SSSR count). The minimum atomic E-state index is -0.324. The smallest absolute Gasteiger partial charge is 0.399 e. The van der Waals surface area contributed by atoms with Crippen LogP contribution in [0.4, 0.5) is 0 Å². The topological polar surface area (TPSA) is 18.5 Å². The van der Waals surface area contributed by atoms with Gasteiger partial charge >= 0.3 is 7.12 Å². The molecule has 1 saturated carbocycles. The highest BCUT2D eigenvalue weighted by Gasteiger charge is 2.71. The van der Waals surface area contributed by atoms with Crippen LogP contribution >= 0.6 is 0 Å². The summed E-state index contributed by atoms with van der Waals surface area (Å²) in [7, 11) is 27.1. The zero-order chi connectivity index (χ0) is 25.0. The van der Waals surface area contributed by atoms with E-state index in [0.29, 0.717) is 0 Å². The normalized spacial score (nSPS) is 29.8. The van der Waals surface area contributed by atoms with Crippen molar-refractivity contribution in [2.24, 2.45) is 0 Å². The van der Waals surface area contributed by atoms with Crippen LogP contribution in [0.15, 0.2) is 24.3 Å². The first kappa shape index (κ1) is 26.5. The third kappa shape index (κ3) is 2.90. The summed E-state index contributed by atoms with van der Waals surface area (Å²) in [6.45, 7) is 8.45. The monoisotopic (exact) mass is 418 g/mol. The number of hydrogen-bond acceptors (Lipinski definition) is 2. The highest BCUT2D eigenvalue weighted by molar-refractivity contribution is 6.72. The fourth-order valence-electron chi connectivity index (χ4n) is 7.05. The zero-order valence-electron chi connectivity index (χ0n) is 23.7. The van der Waals surface area contributed by atoms with Crippen LogP contribution < -0.4 is 5.46 Å². The van der Waals surface area contributed by atoms with E-state index in [9.17, 15) is 0 Å². The SMILES string of the molecule is BC1(B)C(B)(B)C(B)(B)C(B)(c2ccc(B3OC(C)(C)C(C)(C)O3)cc2)C(B)(B)C1(B)B. The van der Waals surface area contributed by atoms with Gasteiger partial charge in [0.2, 0.25) is 0 Å².